The van der Waals surface area contributed by atoms with Crippen LogP contribution in [0.5, 0.6) is 40.2 Å². The lowest BCUT2D eigenvalue weighted by Crippen LogP contribution is -2.35. The SMILES string of the molecule is C.CC(C)(F)c1ccc(-c2cc(NC(=O)[C@@H]3CO3)c(C#N)c3c2OCC3)cc1.CC(C)(F)c1ccc(-c2cc(NC(=O)[C@H]3CO3)c(C#N)c3c2OCC3)cc1.CC(C)c1ccc(-c2cc(N(C)C(=O)NC#N)c(C#N)c3c2OCC3)cc1.CC(F)(F)Oc1ccc(-c2cc(NC(=O)[C@@H]3CO3)c(C#N)c3c2OCC3)cc1.CC(F)(F)Oc1ccc(-c2cc(NC(=O)[C@H]3CO3)c(C#N)c3c2OCC3)cc1. The molecule has 10 aromatic rings. The number of rotatable bonds is 21. The lowest BCUT2D eigenvalue weighted by Gasteiger charge is -2.21. The molecule has 9 aliphatic rings. The van der Waals surface area contributed by atoms with Gasteiger partial charge in [0.1, 0.15) is 81.9 Å². The summed E-state index contributed by atoms with van der Waals surface area (Å²) in [7, 11) is 1.54. The van der Waals surface area contributed by atoms with Gasteiger partial charge in [-0.25, -0.2) is 18.9 Å². The second kappa shape index (κ2) is 40.9. The molecule has 708 valence electrons. The molecule has 4 atom stereocenters. The fraction of sp³-hybridized carbons (Fsp3) is 0.317. The number of hydrogen-bond donors (Lipinski definition) is 5. The van der Waals surface area contributed by atoms with Gasteiger partial charge in [-0.05, 0) is 133 Å². The third-order valence-corrected chi connectivity index (χ3v) is 23.4. The molecule has 34 heteroatoms. The molecule has 0 aliphatic carbocycles. The van der Waals surface area contributed by atoms with Gasteiger partial charge >= 0.3 is 18.2 Å². The van der Waals surface area contributed by atoms with Crippen LogP contribution in [0.3, 0.4) is 0 Å². The number of epoxide rings is 4. The molecule has 0 radical (unpaired) electrons. The molecule has 10 aromatic carbocycles. The first-order valence-corrected chi connectivity index (χ1v) is 43.8. The van der Waals surface area contributed by atoms with Gasteiger partial charge in [0.05, 0.1) is 116 Å². The van der Waals surface area contributed by atoms with Gasteiger partial charge in [-0.3, -0.25) is 24.1 Å². The van der Waals surface area contributed by atoms with Crippen molar-refractivity contribution in [3.05, 3.63) is 224 Å². The van der Waals surface area contributed by atoms with Crippen molar-refractivity contribution in [1.82, 2.24) is 5.32 Å². The summed E-state index contributed by atoms with van der Waals surface area (Å²) in [6.45, 7) is 15.5. The molecule has 138 heavy (non-hydrogen) atoms. The Bertz CT molecular complexity index is 6360. The molecule has 28 nitrogen and oxygen atoms in total. The van der Waals surface area contributed by atoms with Crippen molar-refractivity contribution >= 4 is 58.1 Å². The number of anilines is 5. The van der Waals surface area contributed by atoms with Crippen LogP contribution < -0.4 is 64.6 Å². The van der Waals surface area contributed by atoms with Gasteiger partial charge in [0, 0.05) is 109 Å². The maximum atomic E-state index is 14.1. The fourth-order valence-electron chi connectivity index (χ4n) is 16.1. The van der Waals surface area contributed by atoms with E-state index in [-0.39, 0.29) is 42.6 Å². The molecule has 0 spiro atoms. The molecular formula is C104H94F6N12O16. The maximum absolute atomic E-state index is 14.1. The molecule has 0 unspecified atom stereocenters. The number of nitrogens with zero attached hydrogens (tertiary/aromatic N) is 7. The van der Waals surface area contributed by atoms with E-state index in [4.69, 9.17) is 47.9 Å². The van der Waals surface area contributed by atoms with E-state index in [0.717, 1.165) is 50.1 Å². The highest BCUT2D eigenvalue weighted by molar-refractivity contribution is 6.02. The quantitative estimate of drug-likeness (QED) is 0.0193. The van der Waals surface area contributed by atoms with Crippen molar-refractivity contribution in [2.75, 3.05) is 92.7 Å². The number of ether oxygens (including phenoxy) is 11. The monoisotopic (exact) mass is 1880 g/mol. The number of carbonyl (C=O) groups excluding carboxylic acids is 5. The van der Waals surface area contributed by atoms with Crippen LogP contribution in [0.15, 0.2) is 152 Å². The molecule has 19 rings (SSSR count). The van der Waals surface area contributed by atoms with E-state index in [1.54, 1.807) is 85.1 Å². The number of benzene rings is 10. The van der Waals surface area contributed by atoms with Crippen LogP contribution in [0.1, 0.15) is 141 Å². The zero-order valence-electron chi connectivity index (χ0n) is 75.7. The summed E-state index contributed by atoms with van der Waals surface area (Å²) in [6, 6.07) is 53.6. The number of carbonyl (C=O) groups is 5. The highest BCUT2D eigenvalue weighted by atomic mass is 19.3. The normalized spacial score (nSPS) is 16.2. The highest BCUT2D eigenvalue weighted by Crippen LogP contribution is 2.50. The third-order valence-electron chi connectivity index (χ3n) is 23.4. The minimum Gasteiger partial charge on any atom is -0.492 e. The van der Waals surface area contributed by atoms with E-state index in [1.165, 1.54) is 69.5 Å². The van der Waals surface area contributed by atoms with Crippen LogP contribution in [0.2, 0.25) is 0 Å². The van der Waals surface area contributed by atoms with Gasteiger partial charge in [0.15, 0.2) is 30.6 Å². The number of halogens is 6. The van der Waals surface area contributed by atoms with Gasteiger partial charge in [0.25, 0.3) is 23.6 Å². The number of urea groups is 1. The summed E-state index contributed by atoms with van der Waals surface area (Å²) in [5.41, 5.74) is 15.1. The van der Waals surface area contributed by atoms with E-state index in [2.05, 4.69) is 92.4 Å². The second-order valence-electron chi connectivity index (χ2n) is 34.4. The average molecular weight is 1880 g/mol. The number of alkyl halides is 6. The first-order chi connectivity index (χ1) is 65.4. The van der Waals surface area contributed by atoms with Crippen molar-refractivity contribution in [3.8, 4) is 132 Å². The van der Waals surface area contributed by atoms with Gasteiger partial charge in [0.2, 0.25) is 0 Å². The standard InChI is InChI=1S/2C21H19FN2O3.C21H20N4O2.2C20H16F2N2O4.CH4/c2*1-21(2,22)13-5-3-12(4-6-13)15-9-17(24-20(25)18-11-27-18)16(10-23)14-7-8-26-19(14)15;1-13(2)14-4-6-15(7-5-14)17-10-19(25(3)21(26)24-12-23)18(11-22)16-8-9-27-20(16)17;2*1-20(21,22)28-12-4-2-11(3-5-12)14-8-16(24-19(25)17-10-27-17)15(9-23)13-6-7-26-18(13)14;/h2*3-6,9,18H,7-8,11H2,1-2H3,(H,24,25);4-7,10,13H,8-9H2,1-3H3,(H,24,26);2*2-5,8,17H,6-7,10H2,1H3,(H,24,25);1H4/t2*18-;;2*17-;/m10.10./s1. The summed E-state index contributed by atoms with van der Waals surface area (Å²) in [5.74, 6) is 2.48. The first kappa shape index (κ1) is 98.3. The number of amides is 6. The van der Waals surface area contributed by atoms with Gasteiger partial charge in [-0.15, -0.1) is 0 Å². The Morgan fingerprint density at radius 1 is 0.377 bits per heavy atom. The molecule has 4 saturated heterocycles. The summed E-state index contributed by atoms with van der Waals surface area (Å²) in [6.07, 6.45) is -3.92. The number of nitriles is 6. The summed E-state index contributed by atoms with van der Waals surface area (Å²) < 4.78 is 138. The molecular weight excluding hydrogens is 1790 g/mol. The maximum Gasteiger partial charge on any atom is 0.394 e. The van der Waals surface area contributed by atoms with Crippen molar-refractivity contribution in [1.29, 1.82) is 31.6 Å². The molecule has 0 saturated carbocycles. The third kappa shape index (κ3) is 22.6. The van der Waals surface area contributed by atoms with Gasteiger partial charge < -0.3 is 73.4 Å². The Morgan fingerprint density at radius 3 is 0.841 bits per heavy atom. The van der Waals surface area contributed by atoms with E-state index in [1.807, 2.05) is 36.4 Å². The van der Waals surface area contributed by atoms with Gasteiger partial charge in [-0.2, -0.15) is 49.1 Å². The van der Waals surface area contributed by atoms with Crippen LogP contribution in [-0.2, 0) is 81.6 Å². The van der Waals surface area contributed by atoms with E-state index in [9.17, 15) is 76.6 Å². The van der Waals surface area contributed by atoms with Crippen molar-refractivity contribution in [3.63, 3.8) is 0 Å². The second-order valence-corrected chi connectivity index (χ2v) is 34.4. The Balaban J connectivity index is 0.000000137. The first-order valence-electron chi connectivity index (χ1n) is 43.8. The molecule has 9 aliphatic heterocycles. The van der Waals surface area contributed by atoms with Crippen LogP contribution in [0.25, 0.3) is 55.6 Å². The fourth-order valence-corrected chi connectivity index (χ4v) is 16.1. The lowest BCUT2D eigenvalue weighted by molar-refractivity contribution is -0.159. The molecule has 9 heterocycles. The Hall–Kier alpha value is -15.7. The zero-order chi connectivity index (χ0) is 97.7. The topological polar surface area (TPSA) is 406 Å². The Kier molecular flexibility index (Phi) is 29.1. The largest absolute Gasteiger partial charge is 0.492 e. The lowest BCUT2D eigenvalue weighted by atomic mass is 9.93. The van der Waals surface area contributed by atoms with E-state index < -0.39 is 54.0 Å². The van der Waals surface area contributed by atoms with Crippen molar-refractivity contribution in [2.24, 2.45) is 0 Å². The van der Waals surface area contributed by atoms with Crippen LogP contribution in [0.4, 0.5) is 59.6 Å². The van der Waals surface area contributed by atoms with E-state index in [0.29, 0.717) is 241 Å². The minimum atomic E-state index is -3.28. The zero-order valence-corrected chi connectivity index (χ0v) is 75.7. The summed E-state index contributed by atoms with van der Waals surface area (Å²) in [5, 5.41) is 69.9. The van der Waals surface area contributed by atoms with Gasteiger partial charge in [-0.1, -0.05) is 118 Å². The number of nitrogens with one attached hydrogen (secondary N) is 5. The highest BCUT2D eigenvalue weighted by Gasteiger charge is 2.40. The van der Waals surface area contributed by atoms with Crippen LogP contribution in [0, 0.1) is 68.1 Å². The summed E-state index contributed by atoms with van der Waals surface area (Å²) in [4.78, 5) is 61.9. The number of hydrogen-bond acceptors (Lipinski definition) is 22. The van der Waals surface area contributed by atoms with Crippen LogP contribution >= 0.6 is 0 Å². The molecule has 5 N–H and O–H groups in total. The Morgan fingerprint density at radius 2 is 0.616 bits per heavy atom. The number of fused-ring (bicyclic) bond motifs is 5. The van der Waals surface area contributed by atoms with E-state index >= 15 is 0 Å². The van der Waals surface area contributed by atoms with Crippen molar-refractivity contribution < 1.29 is 102 Å². The average Bonchev–Trinajstić information content (AvgIpc) is 1.61. The Labute approximate surface area is 791 Å². The summed E-state index contributed by atoms with van der Waals surface area (Å²) >= 11 is 0. The van der Waals surface area contributed by atoms with Crippen molar-refractivity contribution in [2.45, 2.75) is 149 Å². The molecule has 6 amide bonds. The molecule has 4 fully saturated rings. The minimum absolute atomic E-state index is 0. The predicted octanol–water partition coefficient (Wildman–Crippen LogP) is 18.9. The van der Waals surface area contributed by atoms with Crippen LogP contribution in [-0.4, -0.2) is 133 Å². The smallest absolute Gasteiger partial charge is 0.394 e. The predicted molar refractivity (Wildman–Crippen MR) is 497 cm³/mol. The molecule has 0 aromatic heterocycles. The molecule has 0 bridgehead atoms.